The lowest BCUT2D eigenvalue weighted by atomic mass is 10.1. The number of sulfonamides is 1. The fourth-order valence-electron chi connectivity index (χ4n) is 3.32. The normalized spacial score (nSPS) is 26.6. The van der Waals surface area contributed by atoms with E-state index in [-0.39, 0.29) is 17.1 Å². The molecule has 6 nitrogen and oxygen atoms in total. The highest BCUT2D eigenvalue weighted by Crippen LogP contribution is 2.38. The molecular weight excluding hydrogens is 316 g/mol. The van der Waals surface area contributed by atoms with Crippen molar-refractivity contribution in [2.24, 2.45) is 5.92 Å². The summed E-state index contributed by atoms with van der Waals surface area (Å²) in [6.07, 6.45) is 5.36. The first-order valence-corrected chi connectivity index (χ1v) is 9.96. The number of nitrogens with zero attached hydrogens (tertiary/aromatic N) is 2. The highest BCUT2D eigenvalue weighted by molar-refractivity contribution is 7.89. The van der Waals surface area contributed by atoms with Crippen LogP contribution in [-0.4, -0.2) is 43.2 Å². The molecule has 2 fully saturated rings. The van der Waals surface area contributed by atoms with Gasteiger partial charge in [0.1, 0.15) is 10.6 Å². The number of aromatic nitrogens is 1. The number of ether oxygens (including phenoxy) is 1. The van der Waals surface area contributed by atoms with Crippen LogP contribution >= 0.6 is 0 Å². The summed E-state index contributed by atoms with van der Waals surface area (Å²) >= 11 is 0. The van der Waals surface area contributed by atoms with E-state index in [1.165, 1.54) is 0 Å². The molecule has 1 aliphatic heterocycles. The number of aryl methyl sites for hydroxylation is 2. The molecule has 3 rings (SSSR count). The Morgan fingerprint density at radius 2 is 2.00 bits per heavy atom. The first-order chi connectivity index (χ1) is 10.9. The summed E-state index contributed by atoms with van der Waals surface area (Å²) in [6, 6.07) is 0. The number of hydrogen-bond donors (Lipinski definition) is 0. The van der Waals surface area contributed by atoms with Crippen LogP contribution in [0.2, 0.25) is 0 Å². The Kier molecular flexibility index (Phi) is 4.80. The van der Waals surface area contributed by atoms with Crippen molar-refractivity contribution < 1.29 is 17.7 Å². The lowest BCUT2D eigenvalue weighted by molar-refractivity contribution is -0.0761. The standard InChI is InChI=1S/C16H26N2O4S/c1-4-5-6-14-9-18(10-15(21-14)13-7-8-13)23(19,20)16-11(2)17-22-12(16)3/h13-15H,4-10H2,1-3H3/t14-,15-/m1/s1. The minimum Gasteiger partial charge on any atom is -0.372 e. The summed E-state index contributed by atoms with van der Waals surface area (Å²) in [5.74, 6) is 0.879. The molecule has 0 spiro atoms. The third-order valence-electron chi connectivity index (χ3n) is 4.75. The van der Waals surface area contributed by atoms with E-state index < -0.39 is 10.0 Å². The van der Waals surface area contributed by atoms with Gasteiger partial charge in [-0.05, 0) is 39.0 Å². The molecule has 1 aromatic rings. The molecule has 0 N–H and O–H groups in total. The van der Waals surface area contributed by atoms with Gasteiger partial charge in [0, 0.05) is 13.1 Å². The maximum atomic E-state index is 13.1. The van der Waals surface area contributed by atoms with Crippen LogP contribution in [0.3, 0.4) is 0 Å². The minimum absolute atomic E-state index is 0.00968. The SMILES string of the molecule is CCCC[C@@H]1CN(S(=O)(=O)c2c(C)noc2C)C[C@H](C2CC2)O1. The van der Waals surface area contributed by atoms with Crippen LogP contribution in [0.15, 0.2) is 9.42 Å². The molecule has 2 heterocycles. The topological polar surface area (TPSA) is 72.6 Å². The van der Waals surface area contributed by atoms with Crippen LogP contribution in [0, 0.1) is 19.8 Å². The number of morpholine rings is 1. The Bertz CT molecular complexity index is 632. The fourth-order valence-corrected chi connectivity index (χ4v) is 5.10. The van der Waals surface area contributed by atoms with Crippen molar-refractivity contribution in [2.45, 2.75) is 70.0 Å². The van der Waals surface area contributed by atoms with Crippen LogP contribution in [-0.2, 0) is 14.8 Å². The van der Waals surface area contributed by atoms with Gasteiger partial charge in [-0.25, -0.2) is 8.42 Å². The zero-order chi connectivity index (χ0) is 16.6. The summed E-state index contributed by atoms with van der Waals surface area (Å²) in [6.45, 7) is 6.34. The smallest absolute Gasteiger partial charge is 0.248 e. The predicted molar refractivity (Wildman–Crippen MR) is 85.6 cm³/mol. The van der Waals surface area contributed by atoms with Crippen LogP contribution in [0.4, 0.5) is 0 Å². The second kappa shape index (κ2) is 6.53. The summed E-state index contributed by atoms with van der Waals surface area (Å²) in [7, 11) is -3.58. The Morgan fingerprint density at radius 3 is 2.57 bits per heavy atom. The van der Waals surface area contributed by atoms with E-state index in [1.807, 2.05) is 0 Å². The Labute approximate surface area is 138 Å². The van der Waals surface area contributed by atoms with Gasteiger partial charge in [0.05, 0.1) is 12.2 Å². The van der Waals surface area contributed by atoms with Crippen molar-refractivity contribution in [3.8, 4) is 0 Å². The molecule has 0 bridgehead atoms. The second-order valence-electron chi connectivity index (χ2n) is 6.75. The van der Waals surface area contributed by atoms with Gasteiger partial charge < -0.3 is 9.26 Å². The van der Waals surface area contributed by atoms with Crippen molar-refractivity contribution in [3.63, 3.8) is 0 Å². The van der Waals surface area contributed by atoms with E-state index in [1.54, 1.807) is 18.2 Å². The molecule has 0 amide bonds. The summed E-state index contributed by atoms with van der Waals surface area (Å²) in [4.78, 5) is 0.225. The molecule has 130 valence electrons. The third-order valence-corrected chi connectivity index (χ3v) is 6.83. The zero-order valence-electron chi connectivity index (χ0n) is 14.1. The molecule has 23 heavy (non-hydrogen) atoms. The number of unbranched alkanes of at least 4 members (excludes halogenated alkanes) is 1. The highest BCUT2D eigenvalue weighted by Gasteiger charge is 2.43. The zero-order valence-corrected chi connectivity index (χ0v) is 14.9. The fraction of sp³-hybridized carbons (Fsp3) is 0.812. The van der Waals surface area contributed by atoms with Gasteiger partial charge >= 0.3 is 0 Å². The molecule has 0 unspecified atom stereocenters. The van der Waals surface area contributed by atoms with Gasteiger partial charge in [0.15, 0.2) is 5.76 Å². The second-order valence-corrected chi connectivity index (χ2v) is 8.63. The third kappa shape index (κ3) is 3.46. The van der Waals surface area contributed by atoms with Gasteiger partial charge in [0.2, 0.25) is 10.0 Å². The van der Waals surface area contributed by atoms with Crippen LogP contribution in [0.1, 0.15) is 50.5 Å². The Hall–Kier alpha value is -0.920. The molecule has 2 atom stereocenters. The van der Waals surface area contributed by atoms with E-state index >= 15 is 0 Å². The molecule has 1 saturated carbocycles. The minimum atomic E-state index is -3.58. The van der Waals surface area contributed by atoms with E-state index in [2.05, 4.69) is 12.1 Å². The maximum Gasteiger partial charge on any atom is 0.248 e. The first-order valence-electron chi connectivity index (χ1n) is 8.52. The van der Waals surface area contributed by atoms with E-state index in [4.69, 9.17) is 9.26 Å². The van der Waals surface area contributed by atoms with E-state index in [9.17, 15) is 8.42 Å². The van der Waals surface area contributed by atoms with Crippen molar-refractivity contribution in [3.05, 3.63) is 11.5 Å². The molecule has 1 aliphatic carbocycles. The van der Waals surface area contributed by atoms with Gasteiger partial charge in [-0.2, -0.15) is 4.31 Å². The molecule has 7 heteroatoms. The Balaban J connectivity index is 1.84. The van der Waals surface area contributed by atoms with Crippen molar-refractivity contribution in [1.82, 2.24) is 9.46 Å². The molecular formula is C16H26N2O4S. The van der Waals surface area contributed by atoms with Crippen LogP contribution in [0.25, 0.3) is 0 Å². The van der Waals surface area contributed by atoms with Gasteiger partial charge in [-0.15, -0.1) is 0 Å². The average Bonchev–Trinajstić information content (AvgIpc) is 3.30. The van der Waals surface area contributed by atoms with Crippen LogP contribution in [0.5, 0.6) is 0 Å². The van der Waals surface area contributed by atoms with Crippen molar-refractivity contribution in [2.75, 3.05) is 13.1 Å². The lowest BCUT2D eigenvalue weighted by Crippen LogP contribution is -2.50. The molecule has 2 aliphatic rings. The Morgan fingerprint density at radius 1 is 1.26 bits per heavy atom. The number of hydrogen-bond acceptors (Lipinski definition) is 5. The summed E-state index contributed by atoms with van der Waals surface area (Å²) in [5, 5.41) is 3.80. The molecule has 1 aromatic heterocycles. The van der Waals surface area contributed by atoms with E-state index in [0.29, 0.717) is 30.5 Å². The highest BCUT2D eigenvalue weighted by atomic mass is 32.2. The maximum absolute atomic E-state index is 13.1. The van der Waals surface area contributed by atoms with E-state index in [0.717, 1.165) is 32.1 Å². The van der Waals surface area contributed by atoms with Gasteiger partial charge in [0.25, 0.3) is 0 Å². The average molecular weight is 342 g/mol. The van der Waals surface area contributed by atoms with Crippen molar-refractivity contribution >= 4 is 10.0 Å². The monoisotopic (exact) mass is 342 g/mol. The number of rotatable bonds is 6. The molecule has 0 aromatic carbocycles. The lowest BCUT2D eigenvalue weighted by Gasteiger charge is -2.37. The van der Waals surface area contributed by atoms with Crippen molar-refractivity contribution in [1.29, 1.82) is 0 Å². The summed E-state index contributed by atoms with van der Waals surface area (Å²) < 4.78 is 39.0. The predicted octanol–water partition coefficient (Wildman–Crippen LogP) is 2.65. The van der Waals surface area contributed by atoms with Gasteiger partial charge in [-0.1, -0.05) is 24.9 Å². The van der Waals surface area contributed by atoms with Gasteiger partial charge in [-0.3, -0.25) is 0 Å². The van der Waals surface area contributed by atoms with Crippen LogP contribution < -0.4 is 0 Å². The molecule has 1 saturated heterocycles. The molecule has 0 radical (unpaired) electrons. The summed E-state index contributed by atoms with van der Waals surface area (Å²) in [5.41, 5.74) is 0.432. The largest absolute Gasteiger partial charge is 0.372 e. The first kappa shape index (κ1) is 16.9. The quantitative estimate of drug-likeness (QED) is 0.795.